The van der Waals surface area contributed by atoms with Gasteiger partial charge in [0.15, 0.2) is 5.76 Å². The molecule has 1 saturated heterocycles. The smallest absolute Gasteiger partial charge is 0.289 e. The second-order valence-corrected chi connectivity index (χ2v) is 7.56. The van der Waals surface area contributed by atoms with Crippen LogP contribution in [0.25, 0.3) is 0 Å². The molecule has 0 saturated carbocycles. The number of furan rings is 1. The number of likely N-dealkylation sites (tertiary alicyclic amines) is 1. The number of fused-ring (bicyclic) bond motifs is 1. The van der Waals surface area contributed by atoms with E-state index in [-0.39, 0.29) is 30.3 Å². The molecule has 30 heavy (non-hydrogen) atoms. The van der Waals surface area contributed by atoms with E-state index < -0.39 is 0 Å². The van der Waals surface area contributed by atoms with Crippen LogP contribution >= 0.6 is 12.4 Å². The molecule has 1 aromatic heterocycles. The molecule has 1 fully saturated rings. The average Bonchev–Trinajstić information content (AvgIpc) is 3.33. The molecule has 4 rings (SSSR count). The Morgan fingerprint density at radius 2 is 1.97 bits per heavy atom. The lowest BCUT2D eigenvalue weighted by atomic mass is 10.1. The van der Waals surface area contributed by atoms with Gasteiger partial charge in [-0.25, -0.2) is 0 Å². The summed E-state index contributed by atoms with van der Waals surface area (Å²) in [7, 11) is 0. The highest BCUT2D eigenvalue weighted by atomic mass is 35.5. The number of hydrogen-bond donors (Lipinski definition) is 1. The molecule has 2 N–H and O–H groups in total. The first-order chi connectivity index (χ1) is 14.2. The van der Waals surface area contributed by atoms with Gasteiger partial charge < -0.3 is 24.7 Å². The van der Waals surface area contributed by atoms with Crippen molar-refractivity contribution in [1.82, 2.24) is 4.90 Å². The lowest BCUT2D eigenvalue weighted by molar-refractivity contribution is -0.117. The molecule has 0 unspecified atom stereocenters. The SMILES string of the molecule is Cl.NCCCOC1CCN(C(=O)c2occc2CN2C(=O)Cc3ccccc32)CC1. The minimum Gasteiger partial charge on any atom is -0.459 e. The molecule has 1 aromatic carbocycles. The minimum absolute atomic E-state index is 0. The standard InChI is InChI=1S/C22H27N3O4.ClH/c23-9-3-12-28-18-6-10-24(11-7-18)22(27)21-17(8-13-29-21)15-25-19-5-2-1-4-16(19)14-20(25)26;/h1-2,4-5,8,13,18H,3,6-7,9-12,14-15,23H2;1H. The van der Waals surface area contributed by atoms with Crippen LogP contribution in [0, 0.1) is 0 Å². The molecular weight excluding hydrogens is 406 g/mol. The Morgan fingerprint density at radius 1 is 1.20 bits per heavy atom. The fourth-order valence-corrected chi connectivity index (χ4v) is 4.01. The van der Waals surface area contributed by atoms with Gasteiger partial charge >= 0.3 is 0 Å². The summed E-state index contributed by atoms with van der Waals surface area (Å²) in [6, 6.07) is 9.55. The molecule has 0 aliphatic carbocycles. The molecule has 7 nitrogen and oxygen atoms in total. The molecule has 0 radical (unpaired) electrons. The Balaban J connectivity index is 0.00000256. The number of nitrogens with two attached hydrogens (primary N) is 1. The molecule has 0 atom stereocenters. The Morgan fingerprint density at radius 3 is 2.73 bits per heavy atom. The van der Waals surface area contributed by atoms with Gasteiger partial charge in [0.1, 0.15) is 0 Å². The van der Waals surface area contributed by atoms with Crippen LogP contribution in [0.4, 0.5) is 5.69 Å². The molecule has 2 aliphatic rings. The van der Waals surface area contributed by atoms with Crippen LogP contribution in [0.5, 0.6) is 0 Å². The third kappa shape index (κ3) is 4.69. The molecule has 162 valence electrons. The summed E-state index contributed by atoms with van der Waals surface area (Å²) in [5.41, 5.74) is 8.17. The predicted molar refractivity (Wildman–Crippen MR) is 116 cm³/mol. The average molecular weight is 434 g/mol. The van der Waals surface area contributed by atoms with Gasteiger partial charge in [0, 0.05) is 30.9 Å². The Labute approximate surface area is 182 Å². The van der Waals surface area contributed by atoms with Crippen molar-refractivity contribution in [3.63, 3.8) is 0 Å². The summed E-state index contributed by atoms with van der Waals surface area (Å²) in [5, 5.41) is 0. The maximum absolute atomic E-state index is 13.0. The van der Waals surface area contributed by atoms with E-state index in [1.807, 2.05) is 29.2 Å². The maximum Gasteiger partial charge on any atom is 0.289 e. The second-order valence-electron chi connectivity index (χ2n) is 7.56. The van der Waals surface area contributed by atoms with Gasteiger partial charge in [-0.2, -0.15) is 0 Å². The number of piperidine rings is 1. The molecule has 0 spiro atoms. The lowest BCUT2D eigenvalue weighted by Gasteiger charge is -2.31. The normalized spacial score (nSPS) is 16.5. The summed E-state index contributed by atoms with van der Waals surface area (Å²) in [5.74, 6) is 0.247. The van der Waals surface area contributed by atoms with E-state index in [4.69, 9.17) is 14.9 Å². The number of amides is 2. The van der Waals surface area contributed by atoms with Crippen molar-refractivity contribution in [2.75, 3.05) is 31.1 Å². The van der Waals surface area contributed by atoms with E-state index in [1.54, 1.807) is 11.0 Å². The third-order valence-corrected chi connectivity index (χ3v) is 5.63. The zero-order chi connectivity index (χ0) is 20.2. The van der Waals surface area contributed by atoms with Crippen LogP contribution in [0.3, 0.4) is 0 Å². The van der Waals surface area contributed by atoms with E-state index in [0.717, 1.165) is 36.1 Å². The van der Waals surface area contributed by atoms with Crippen LogP contribution in [-0.2, 0) is 22.5 Å². The van der Waals surface area contributed by atoms with E-state index in [1.165, 1.54) is 6.26 Å². The summed E-state index contributed by atoms with van der Waals surface area (Å²) in [6.45, 7) is 2.91. The number of carbonyl (C=O) groups excluding carboxylic acids is 2. The van der Waals surface area contributed by atoms with Crippen LogP contribution in [0.1, 0.15) is 40.9 Å². The predicted octanol–water partition coefficient (Wildman–Crippen LogP) is 2.76. The fraction of sp³-hybridized carbons (Fsp3) is 0.455. The zero-order valence-electron chi connectivity index (χ0n) is 16.9. The van der Waals surface area contributed by atoms with Crippen LogP contribution in [0.2, 0.25) is 0 Å². The van der Waals surface area contributed by atoms with Crippen LogP contribution in [0.15, 0.2) is 41.0 Å². The van der Waals surface area contributed by atoms with Crippen LogP contribution in [-0.4, -0.2) is 49.1 Å². The molecule has 2 amide bonds. The quantitative estimate of drug-likeness (QED) is 0.678. The highest BCUT2D eigenvalue weighted by Crippen LogP contribution is 2.31. The second kappa shape index (κ2) is 10.1. The van der Waals surface area contributed by atoms with Gasteiger partial charge in [0.2, 0.25) is 5.91 Å². The van der Waals surface area contributed by atoms with Gasteiger partial charge in [-0.15, -0.1) is 12.4 Å². The van der Waals surface area contributed by atoms with Crippen molar-refractivity contribution >= 4 is 29.9 Å². The maximum atomic E-state index is 13.0. The number of para-hydroxylation sites is 1. The number of ether oxygens (including phenoxy) is 1. The Hall–Kier alpha value is -2.35. The highest BCUT2D eigenvalue weighted by molar-refractivity contribution is 6.01. The minimum atomic E-state index is -0.120. The van der Waals surface area contributed by atoms with Gasteiger partial charge in [0.25, 0.3) is 5.91 Å². The molecule has 2 aromatic rings. The van der Waals surface area contributed by atoms with Crippen molar-refractivity contribution in [3.8, 4) is 0 Å². The van der Waals surface area contributed by atoms with Crippen molar-refractivity contribution in [2.24, 2.45) is 5.73 Å². The first kappa shape index (κ1) is 22.3. The molecule has 8 heteroatoms. The van der Waals surface area contributed by atoms with Gasteiger partial charge in [-0.3, -0.25) is 9.59 Å². The molecule has 0 bridgehead atoms. The number of nitrogens with zero attached hydrogens (tertiary/aromatic N) is 2. The van der Waals surface area contributed by atoms with Crippen LogP contribution < -0.4 is 10.6 Å². The monoisotopic (exact) mass is 433 g/mol. The third-order valence-electron chi connectivity index (χ3n) is 5.63. The van der Waals surface area contributed by atoms with Gasteiger partial charge in [0.05, 0.1) is 25.3 Å². The number of anilines is 1. The first-order valence-electron chi connectivity index (χ1n) is 10.2. The molecule has 2 aliphatic heterocycles. The van der Waals surface area contributed by atoms with E-state index >= 15 is 0 Å². The van der Waals surface area contributed by atoms with Gasteiger partial charge in [-0.1, -0.05) is 18.2 Å². The van der Waals surface area contributed by atoms with Crippen molar-refractivity contribution < 1.29 is 18.7 Å². The number of rotatable bonds is 7. The number of halogens is 1. The van der Waals surface area contributed by atoms with Crippen molar-refractivity contribution in [1.29, 1.82) is 0 Å². The first-order valence-corrected chi connectivity index (χ1v) is 10.2. The fourth-order valence-electron chi connectivity index (χ4n) is 4.01. The van der Waals surface area contributed by atoms with Crippen molar-refractivity contribution in [3.05, 3.63) is 53.5 Å². The number of carbonyl (C=O) groups is 2. The Kier molecular flexibility index (Phi) is 7.53. The summed E-state index contributed by atoms with van der Waals surface area (Å²) in [6.07, 6.45) is 4.58. The Bertz CT molecular complexity index is 877. The summed E-state index contributed by atoms with van der Waals surface area (Å²) < 4.78 is 11.4. The summed E-state index contributed by atoms with van der Waals surface area (Å²) >= 11 is 0. The number of hydrogen-bond acceptors (Lipinski definition) is 5. The van der Waals surface area contributed by atoms with Gasteiger partial charge in [-0.05, 0) is 43.5 Å². The zero-order valence-corrected chi connectivity index (χ0v) is 17.7. The summed E-state index contributed by atoms with van der Waals surface area (Å²) in [4.78, 5) is 29.0. The van der Waals surface area contributed by atoms with E-state index in [9.17, 15) is 9.59 Å². The molecule has 3 heterocycles. The highest BCUT2D eigenvalue weighted by Gasteiger charge is 2.31. The van der Waals surface area contributed by atoms with E-state index in [2.05, 4.69) is 0 Å². The van der Waals surface area contributed by atoms with Crippen molar-refractivity contribution in [2.45, 2.75) is 38.3 Å². The lowest BCUT2D eigenvalue weighted by Crippen LogP contribution is -2.41. The van der Waals surface area contributed by atoms with E-state index in [0.29, 0.717) is 45.0 Å². The largest absolute Gasteiger partial charge is 0.459 e. The molecular formula is C22H28ClN3O4. The number of benzene rings is 1. The topological polar surface area (TPSA) is 89.0 Å².